The highest BCUT2D eigenvalue weighted by molar-refractivity contribution is 4.76. The molecule has 1 saturated carbocycles. The second kappa shape index (κ2) is 7.24. The van der Waals surface area contributed by atoms with Crippen molar-refractivity contribution < 1.29 is 0 Å². The second-order valence-electron chi connectivity index (χ2n) is 5.06. The Morgan fingerprint density at radius 2 is 2.00 bits per heavy atom. The molecule has 0 spiro atoms. The molecule has 1 aliphatic rings. The molecule has 0 saturated heterocycles. The lowest BCUT2D eigenvalue weighted by Gasteiger charge is -2.25. The first-order chi connectivity index (χ1) is 7.24. The average Bonchev–Trinajstić information content (AvgIpc) is 2.76. The van der Waals surface area contributed by atoms with E-state index in [1.54, 1.807) is 0 Å². The second-order valence-corrected chi connectivity index (χ2v) is 5.06. The van der Waals surface area contributed by atoms with E-state index in [-0.39, 0.29) is 0 Å². The fourth-order valence-corrected chi connectivity index (χ4v) is 2.42. The summed E-state index contributed by atoms with van der Waals surface area (Å²) in [4.78, 5) is 2.57. The predicted octanol–water partition coefficient (Wildman–Crippen LogP) is 2.64. The fraction of sp³-hybridized carbons (Fsp3) is 1.00. The van der Waals surface area contributed by atoms with Gasteiger partial charge in [0.25, 0.3) is 0 Å². The van der Waals surface area contributed by atoms with Crippen LogP contribution in [0.1, 0.15) is 52.4 Å². The van der Waals surface area contributed by atoms with Crippen LogP contribution in [0.2, 0.25) is 0 Å². The molecule has 2 nitrogen and oxygen atoms in total. The van der Waals surface area contributed by atoms with Crippen LogP contribution in [-0.4, -0.2) is 37.1 Å². The van der Waals surface area contributed by atoms with Crippen molar-refractivity contribution in [2.45, 2.75) is 64.5 Å². The van der Waals surface area contributed by atoms with E-state index in [1.807, 2.05) is 0 Å². The van der Waals surface area contributed by atoms with Crippen molar-refractivity contribution in [3.8, 4) is 0 Å². The third-order valence-electron chi connectivity index (χ3n) is 3.61. The molecule has 15 heavy (non-hydrogen) atoms. The quantitative estimate of drug-likeness (QED) is 0.698. The van der Waals surface area contributed by atoms with Gasteiger partial charge in [-0.25, -0.2) is 0 Å². The minimum Gasteiger partial charge on any atom is -0.314 e. The molecule has 0 radical (unpaired) electrons. The Balaban J connectivity index is 2.07. The van der Waals surface area contributed by atoms with E-state index in [0.717, 1.165) is 12.6 Å². The lowest BCUT2D eigenvalue weighted by atomic mass is 10.2. The van der Waals surface area contributed by atoms with Crippen LogP contribution >= 0.6 is 0 Å². The van der Waals surface area contributed by atoms with Gasteiger partial charge in [0.05, 0.1) is 0 Å². The molecule has 0 heterocycles. The standard InChI is InChI=1S/C13H28N2/c1-4-10-14-12(2)9-11-15(3)13-7-5-6-8-13/h12-14H,4-11H2,1-3H3. The molecule has 1 aliphatic carbocycles. The van der Waals surface area contributed by atoms with E-state index in [0.29, 0.717) is 6.04 Å². The normalized spacial score (nSPS) is 20.0. The molecule has 0 aromatic heterocycles. The highest BCUT2D eigenvalue weighted by atomic mass is 15.1. The zero-order valence-corrected chi connectivity index (χ0v) is 10.8. The van der Waals surface area contributed by atoms with Gasteiger partial charge in [-0.3, -0.25) is 0 Å². The molecule has 1 atom stereocenters. The Bertz CT molecular complexity index is 153. The van der Waals surface area contributed by atoms with Gasteiger partial charge in [-0.1, -0.05) is 19.8 Å². The first kappa shape index (κ1) is 13.0. The van der Waals surface area contributed by atoms with E-state index in [9.17, 15) is 0 Å². The predicted molar refractivity (Wildman–Crippen MR) is 67.3 cm³/mol. The molecule has 1 rings (SSSR count). The third kappa shape index (κ3) is 4.98. The zero-order chi connectivity index (χ0) is 11.1. The molecule has 0 bridgehead atoms. The summed E-state index contributed by atoms with van der Waals surface area (Å²) in [6, 6.07) is 1.55. The highest BCUT2D eigenvalue weighted by Gasteiger charge is 2.19. The van der Waals surface area contributed by atoms with Crippen molar-refractivity contribution in [1.82, 2.24) is 10.2 Å². The maximum atomic E-state index is 3.55. The van der Waals surface area contributed by atoms with Crippen molar-refractivity contribution in [2.24, 2.45) is 0 Å². The van der Waals surface area contributed by atoms with Crippen molar-refractivity contribution in [1.29, 1.82) is 0 Å². The summed E-state index contributed by atoms with van der Waals surface area (Å²) >= 11 is 0. The van der Waals surface area contributed by atoms with E-state index in [4.69, 9.17) is 0 Å². The average molecular weight is 212 g/mol. The minimum atomic E-state index is 0.675. The van der Waals surface area contributed by atoms with Gasteiger partial charge in [0.15, 0.2) is 0 Å². The summed E-state index contributed by atoms with van der Waals surface area (Å²) in [5, 5.41) is 3.55. The first-order valence-corrected chi connectivity index (χ1v) is 6.67. The van der Waals surface area contributed by atoms with Gasteiger partial charge in [-0.2, -0.15) is 0 Å². The molecule has 0 aromatic rings. The zero-order valence-electron chi connectivity index (χ0n) is 10.8. The summed E-state index contributed by atoms with van der Waals surface area (Å²) in [7, 11) is 2.29. The van der Waals surface area contributed by atoms with Gasteiger partial charge in [0.2, 0.25) is 0 Å². The topological polar surface area (TPSA) is 15.3 Å². The van der Waals surface area contributed by atoms with Crippen molar-refractivity contribution in [2.75, 3.05) is 20.1 Å². The Morgan fingerprint density at radius 3 is 2.60 bits per heavy atom. The first-order valence-electron chi connectivity index (χ1n) is 6.67. The van der Waals surface area contributed by atoms with Gasteiger partial charge >= 0.3 is 0 Å². The Labute approximate surface area is 95.4 Å². The summed E-state index contributed by atoms with van der Waals surface area (Å²) in [5.74, 6) is 0. The van der Waals surface area contributed by atoms with Crippen LogP contribution in [0, 0.1) is 0 Å². The van der Waals surface area contributed by atoms with Crippen molar-refractivity contribution in [3.63, 3.8) is 0 Å². The number of hydrogen-bond acceptors (Lipinski definition) is 2. The SMILES string of the molecule is CCCNC(C)CCN(C)C1CCCC1. The Hall–Kier alpha value is -0.0800. The minimum absolute atomic E-state index is 0.675. The monoisotopic (exact) mass is 212 g/mol. The van der Waals surface area contributed by atoms with E-state index in [1.165, 1.54) is 45.1 Å². The van der Waals surface area contributed by atoms with Gasteiger partial charge in [-0.05, 0) is 52.7 Å². The van der Waals surface area contributed by atoms with E-state index < -0.39 is 0 Å². The van der Waals surface area contributed by atoms with Crippen LogP contribution < -0.4 is 5.32 Å². The molecule has 0 aliphatic heterocycles. The van der Waals surface area contributed by atoms with Gasteiger partial charge in [0.1, 0.15) is 0 Å². The van der Waals surface area contributed by atoms with Crippen molar-refractivity contribution >= 4 is 0 Å². The van der Waals surface area contributed by atoms with Crippen LogP contribution in [0.15, 0.2) is 0 Å². The molecule has 0 aromatic carbocycles. The number of rotatable bonds is 7. The largest absolute Gasteiger partial charge is 0.314 e. The van der Waals surface area contributed by atoms with E-state index >= 15 is 0 Å². The Kier molecular flexibility index (Phi) is 6.26. The summed E-state index contributed by atoms with van der Waals surface area (Å²) < 4.78 is 0. The highest BCUT2D eigenvalue weighted by Crippen LogP contribution is 2.22. The van der Waals surface area contributed by atoms with Gasteiger partial charge < -0.3 is 10.2 Å². The molecular formula is C13H28N2. The number of nitrogens with zero attached hydrogens (tertiary/aromatic N) is 1. The van der Waals surface area contributed by atoms with E-state index in [2.05, 4.69) is 31.1 Å². The van der Waals surface area contributed by atoms with Gasteiger partial charge in [0, 0.05) is 12.1 Å². The molecule has 1 N–H and O–H groups in total. The summed E-state index contributed by atoms with van der Waals surface area (Å²) in [5.41, 5.74) is 0. The molecule has 1 fully saturated rings. The lowest BCUT2D eigenvalue weighted by molar-refractivity contribution is 0.233. The Morgan fingerprint density at radius 1 is 1.33 bits per heavy atom. The molecule has 0 amide bonds. The molecule has 2 heteroatoms. The summed E-state index contributed by atoms with van der Waals surface area (Å²) in [6.07, 6.45) is 8.26. The smallest absolute Gasteiger partial charge is 0.00922 e. The molecule has 1 unspecified atom stereocenters. The molecule has 90 valence electrons. The van der Waals surface area contributed by atoms with Crippen LogP contribution in [0.4, 0.5) is 0 Å². The third-order valence-corrected chi connectivity index (χ3v) is 3.61. The fourth-order valence-electron chi connectivity index (χ4n) is 2.42. The van der Waals surface area contributed by atoms with Crippen LogP contribution in [0.5, 0.6) is 0 Å². The summed E-state index contributed by atoms with van der Waals surface area (Å²) in [6.45, 7) is 6.94. The van der Waals surface area contributed by atoms with Crippen molar-refractivity contribution in [3.05, 3.63) is 0 Å². The number of nitrogens with one attached hydrogen (secondary N) is 1. The number of hydrogen-bond donors (Lipinski definition) is 1. The van der Waals surface area contributed by atoms with Crippen LogP contribution in [-0.2, 0) is 0 Å². The maximum Gasteiger partial charge on any atom is 0.00922 e. The lowest BCUT2D eigenvalue weighted by Crippen LogP contribution is -2.35. The maximum absolute atomic E-state index is 3.55. The molecular weight excluding hydrogens is 184 g/mol. The van der Waals surface area contributed by atoms with Gasteiger partial charge in [-0.15, -0.1) is 0 Å². The van der Waals surface area contributed by atoms with Crippen LogP contribution in [0.25, 0.3) is 0 Å². The van der Waals surface area contributed by atoms with Crippen LogP contribution in [0.3, 0.4) is 0 Å².